The van der Waals surface area contributed by atoms with Gasteiger partial charge in [0.1, 0.15) is 5.56 Å². The van der Waals surface area contributed by atoms with Crippen molar-refractivity contribution in [3.05, 3.63) is 29.7 Å². The van der Waals surface area contributed by atoms with Gasteiger partial charge in [0.15, 0.2) is 11.8 Å². The average Bonchev–Trinajstić information content (AvgIpc) is 2.81. The van der Waals surface area contributed by atoms with Crippen LogP contribution in [0.1, 0.15) is 16.1 Å². The molecule has 1 amide bonds. The summed E-state index contributed by atoms with van der Waals surface area (Å²) in [5.74, 6) is -1.58. The highest BCUT2D eigenvalue weighted by Crippen LogP contribution is 2.08. The molecule has 106 valence electrons. The zero-order valence-corrected chi connectivity index (χ0v) is 11.0. The van der Waals surface area contributed by atoms with Crippen LogP contribution in [0.3, 0.4) is 0 Å². The molecule has 0 aliphatic carbocycles. The van der Waals surface area contributed by atoms with Crippen molar-refractivity contribution in [2.24, 2.45) is 0 Å². The highest BCUT2D eigenvalue weighted by molar-refractivity contribution is 5.99. The number of nitrogens with one attached hydrogen (secondary N) is 1. The Kier molecular flexibility index (Phi) is 3.94. The summed E-state index contributed by atoms with van der Waals surface area (Å²) in [5, 5.41) is 15.3. The quantitative estimate of drug-likeness (QED) is 0.789. The minimum atomic E-state index is -1.14. The number of rotatable bonds is 5. The molecular formula is C12H14N4O4. The van der Waals surface area contributed by atoms with E-state index in [0.29, 0.717) is 5.65 Å². The molecule has 0 saturated carbocycles. The summed E-state index contributed by atoms with van der Waals surface area (Å²) in [5.41, 5.74) is 1.47. The van der Waals surface area contributed by atoms with Crippen LogP contribution in [0.2, 0.25) is 0 Å². The van der Waals surface area contributed by atoms with E-state index in [1.807, 2.05) is 0 Å². The largest absolute Gasteiger partial charge is 0.479 e. The van der Waals surface area contributed by atoms with E-state index >= 15 is 0 Å². The summed E-state index contributed by atoms with van der Waals surface area (Å²) in [6.45, 7) is 1.67. The number of ether oxygens (including phenoxy) is 1. The van der Waals surface area contributed by atoms with Gasteiger partial charge in [-0.2, -0.15) is 5.10 Å². The Morgan fingerprint density at radius 3 is 2.95 bits per heavy atom. The van der Waals surface area contributed by atoms with Gasteiger partial charge < -0.3 is 15.2 Å². The van der Waals surface area contributed by atoms with E-state index in [0.717, 1.165) is 5.69 Å². The number of aliphatic carboxylic acids is 1. The first-order chi connectivity index (χ1) is 9.52. The molecule has 0 bridgehead atoms. The minimum absolute atomic E-state index is 0.131. The molecule has 0 fully saturated rings. The van der Waals surface area contributed by atoms with Crippen LogP contribution in [0.4, 0.5) is 0 Å². The Bertz CT molecular complexity index is 652. The molecule has 2 rings (SSSR count). The summed E-state index contributed by atoms with van der Waals surface area (Å²) in [4.78, 5) is 27.0. The number of aromatic nitrogens is 3. The lowest BCUT2D eigenvalue weighted by Crippen LogP contribution is -2.37. The maximum atomic E-state index is 12.0. The second-order valence-corrected chi connectivity index (χ2v) is 4.17. The number of hydrogen-bond acceptors (Lipinski definition) is 5. The van der Waals surface area contributed by atoms with Crippen LogP contribution < -0.4 is 5.32 Å². The number of carbonyl (C=O) groups is 2. The van der Waals surface area contributed by atoms with Gasteiger partial charge in [0.25, 0.3) is 5.91 Å². The number of amides is 1. The molecule has 0 aromatic carbocycles. The van der Waals surface area contributed by atoms with Crippen molar-refractivity contribution < 1.29 is 19.4 Å². The summed E-state index contributed by atoms with van der Waals surface area (Å²) in [6.07, 6.45) is 2.00. The van der Waals surface area contributed by atoms with Gasteiger partial charge in [-0.3, -0.25) is 4.79 Å². The lowest BCUT2D eigenvalue weighted by molar-refractivity contribution is -0.148. The van der Waals surface area contributed by atoms with E-state index in [1.165, 1.54) is 17.8 Å². The molecule has 2 aromatic rings. The van der Waals surface area contributed by atoms with Crippen molar-refractivity contribution in [3.63, 3.8) is 0 Å². The molecule has 8 nitrogen and oxygen atoms in total. The van der Waals surface area contributed by atoms with Gasteiger partial charge in [-0.15, -0.1) is 0 Å². The molecule has 0 saturated heterocycles. The molecule has 2 heterocycles. The van der Waals surface area contributed by atoms with Gasteiger partial charge in [0.2, 0.25) is 0 Å². The molecule has 0 radical (unpaired) electrons. The van der Waals surface area contributed by atoms with E-state index in [2.05, 4.69) is 15.4 Å². The van der Waals surface area contributed by atoms with Crippen LogP contribution in [0.25, 0.3) is 5.65 Å². The van der Waals surface area contributed by atoms with Gasteiger partial charge >= 0.3 is 5.97 Å². The van der Waals surface area contributed by atoms with Gasteiger partial charge in [-0.05, 0) is 13.0 Å². The van der Waals surface area contributed by atoms with E-state index in [-0.39, 0.29) is 12.1 Å². The predicted molar refractivity (Wildman–Crippen MR) is 68.5 cm³/mol. The van der Waals surface area contributed by atoms with Crippen LogP contribution >= 0.6 is 0 Å². The maximum absolute atomic E-state index is 12.0. The first kappa shape index (κ1) is 13.9. The highest BCUT2D eigenvalue weighted by Gasteiger charge is 2.19. The number of hydrogen-bond donors (Lipinski definition) is 2. The molecule has 0 aliphatic rings. The molecule has 0 spiro atoms. The van der Waals surface area contributed by atoms with E-state index < -0.39 is 18.0 Å². The third kappa shape index (κ3) is 2.75. The number of carbonyl (C=O) groups excluding carboxylic acids is 1. The van der Waals surface area contributed by atoms with Crippen molar-refractivity contribution in [1.29, 1.82) is 0 Å². The van der Waals surface area contributed by atoms with Crippen molar-refractivity contribution >= 4 is 17.5 Å². The van der Waals surface area contributed by atoms with Gasteiger partial charge in [-0.1, -0.05) is 0 Å². The lowest BCUT2D eigenvalue weighted by atomic mass is 10.3. The Morgan fingerprint density at radius 2 is 2.30 bits per heavy atom. The topological polar surface area (TPSA) is 106 Å². The summed E-state index contributed by atoms with van der Waals surface area (Å²) in [6, 6.07) is 1.77. The van der Waals surface area contributed by atoms with Gasteiger partial charge in [-0.25, -0.2) is 14.3 Å². The normalized spacial score (nSPS) is 12.3. The fraction of sp³-hybridized carbons (Fsp3) is 0.333. The van der Waals surface area contributed by atoms with E-state index in [1.54, 1.807) is 19.2 Å². The molecular weight excluding hydrogens is 264 g/mol. The average molecular weight is 278 g/mol. The fourth-order valence-electron chi connectivity index (χ4n) is 1.67. The highest BCUT2D eigenvalue weighted by atomic mass is 16.5. The van der Waals surface area contributed by atoms with E-state index in [9.17, 15) is 9.59 Å². The fourth-order valence-corrected chi connectivity index (χ4v) is 1.67. The van der Waals surface area contributed by atoms with Crippen molar-refractivity contribution in [1.82, 2.24) is 19.9 Å². The molecule has 1 unspecified atom stereocenters. The minimum Gasteiger partial charge on any atom is -0.479 e. The third-order valence-corrected chi connectivity index (χ3v) is 2.76. The summed E-state index contributed by atoms with van der Waals surface area (Å²) in [7, 11) is 1.27. The van der Waals surface area contributed by atoms with Crippen LogP contribution in [-0.2, 0) is 9.53 Å². The van der Waals surface area contributed by atoms with Crippen LogP contribution in [-0.4, -0.2) is 51.3 Å². The molecule has 0 aliphatic heterocycles. The van der Waals surface area contributed by atoms with Crippen molar-refractivity contribution in [2.75, 3.05) is 13.7 Å². The molecule has 20 heavy (non-hydrogen) atoms. The zero-order valence-electron chi connectivity index (χ0n) is 11.0. The smallest absolute Gasteiger partial charge is 0.334 e. The number of nitrogens with zero attached hydrogens (tertiary/aromatic N) is 3. The summed E-state index contributed by atoms with van der Waals surface area (Å²) >= 11 is 0. The number of carboxylic acids is 1. The van der Waals surface area contributed by atoms with Crippen molar-refractivity contribution in [3.8, 4) is 0 Å². The standard InChI is InChI=1S/C12H14N4O4/c1-7-3-4-16-10(15-7)8(5-14-16)11(17)13-6-9(20-2)12(18)19/h3-5,9H,6H2,1-2H3,(H,13,17)(H,18,19). The Morgan fingerprint density at radius 1 is 1.55 bits per heavy atom. The molecule has 1 atom stereocenters. The Balaban J connectivity index is 2.15. The zero-order chi connectivity index (χ0) is 14.7. The SMILES string of the molecule is COC(CNC(=O)c1cnn2ccc(C)nc12)C(=O)O. The van der Waals surface area contributed by atoms with Crippen LogP contribution in [0.5, 0.6) is 0 Å². The van der Waals surface area contributed by atoms with Crippen LogP contribution in [0.15, 0.2) is 18.5 Å². The van der Waals surface area contributed by atoms with Gasteiger partial charge in [0, 0.05) is 19.0 Å². The molecule has 8 heteroatoms. The van der Waals surface area contributed by atoms with Gasteiger partial charge in [0.05, 0.1) is 12.7 Å². The predicted octanol–water partition coefficient (Wildman–Crippen LogP) is -0.133. The summed E-state index contributed by atoms with van der Waals surface area (Å²) < 4.78 is 6.21. The van der Waals surface area contributed by atoms with E-state index in [4.69, 9.17) is 9.84 Å². The lowest BCUT2D eigenvalue weighted by Gasteiger charge is -2.10. The van der Waals surface area contributed by atoms with Crippen molar-refractivity contribution in [2.45, 2.75) is 13.0 Å². The Labute approximate surface area is 114 Å². The van der Waals surface area contributed by atoms with Crippen LogP contribution in [0, 0.1) is 6.92 Å². The second kappa shape index (κ2) is 5.66. The Hall–Kier alpha value is -2.48. The first-order valence-corrected chi connectivity index (χ1v) is 5.87. The molecule has 2 aromatic heterocycles. The maximum Gasteiger partial charge on any atom is 0.334 e. The number of methoxy groups -OCH3 is 1. The molecule has 2 N–H and O–H groups in total. The number of fused-ring (bicyclic) bond motifs is 1. The number of carboxylic acid groups (broad SMARTS) is 1. The first-order valence-electron chi connectivity index (χ1n) is 5.87. The number of aryl methyl sites for hydroxylation is 1. The third-order valence-electron chi connectivity index (χ3n) is 2.76. The second-order valence-electron chi connectivity index (χ2n) is 4.17. The monoisotopic (exact) mass is 278 g/mol.